The third-order valence-electron chi connectivity index (χ3n) is 5.32. The summed E-state index contributed by atoms with van der Waals surface area (Å²) in [6.45, 7) is 0.304. The summed E-state index contributed by atoms with van der Waals surface area (Å²) in [4.78, 5) is 25.2. The summed E-state index contributed by atoms with van der Waals surface area (Å²) < 4.78 is 32.2. The average Bonchev–Trinajstić information content (AvgIpc) is 2.95. The van der Waals surface area contributed by atoms with E-state index < -0.39 is 48.8 Å². The molecule has 0 aromatic heterocycles. The van der Waals surface area contributed by atoms with Crippen LogP contribution < -0.4 is 4.74 Å². The third kappa shape index (κ3) is 4.78. The fourth-order valence-electron chi connectivity index (χ4n) is 3.70. The Balaban J connectivity index is 1.62. The first-order valence-electron chi connectivity index (χ1n) is 9.35. The number of carboxylic acids is 1. The van der Waals surface area contributed by atoms with Gasteiger partial charge in [-0.1, -0.05) is 6.07 Å². The molecule has 1 aliphatic heterocycles. The monoisotopic (exact) mass is 413 g/mol. The van der Waals surface area contributed by atoms with Gasteiger partial charge in [0.1, 0.15) is 23.2 Å². The van der Waals surface area contributed by atoms with Crippen molar-refractivity contribution < 1.29 is 43.4 Å². The summed E-state index contributed by atoms with van der Waals surface area (Å²) in [6.07, 6.45) is -1.13. The predicted octanol–water partition coefficient (Wildman–Crippen LogP) is 1.13. The fourth-order valence-corrected chi connectivity index (χ4v) is 3.70. The number of hydrogen-bond donors (Lipinski definition) is 4. The van der Waals surface area contributed by atoms with Crippen LogP contribution in [0.4, 0.5) is 8.78 Å². The van der Waals surface area contributed by atoms with Gasteiger partial charge in [-0.05, 0) is 30.8 Å². The number of carbonyl (C=O) groups is 2. The summed E-state index contributed by atoms with van der Waals surface area (Å²) in [5, 5.41) is 37.5. The molecule has 29 heavy (non-hydrogen) atoms. The lowest BCUT2D eigenvalue weighted by Crippen LogP contribution is -2.57. The number of benzene rings is 1. The maximum Gasteiger partial charge on any atom is 0.451 e. The second kappa shape index (κ2) is 8.15. The van der Waals surface area contributed by atoms with Crippen molar-refractivity contribution in [3.05, 3.63) is 23.3 Å². The Morgan fingerprint density at radius 3 is 2.52 bits per heavy atom. The van der Waals surface area contributed by atoms with Crippen molar-refractivity contribution in [2.45, 2.75) is 44.0 Å². The summed E-state index contributed by atoms with van der Waals surface area (Å²) in [6, 6.07) is 2.80. The number of carboxylic acid groups (broad SMARTS) is 1. The molecule has 0 spiro atoms. The van der Waals surface area contributed by atoms with Gasteiger partial charge in [-0.15, -0.1) is 0 Å². The molecule has 2 aliphatic rings. The summed E-state index contributed by atoms with van der Waals surface area (Å²) in [7, 11) is -1.59. The van der Waals surface area contributed by atoms with E-state index in [9.17, 15) is 28.6 Å². The van der Waals surface area contributed by atoms with E-state index in [-0.39, 0.29) is 55.9 Å². The molecule has 1 aromatic rings. The number of phenols is 1. The summed E-state index contributed by atoms with van der Waals surface area (Å²) in [5.41, 5.74) is -0.217. The molecule has 0 unspecified atom stereocenters. The van der Waals surface area contributed by atoms with Crippen molar-refractivity contribution >= 4 is 19.0 Å². The van der Waals surface area contributed by atoms with Crippen LogP contribution in [-0.4, -0.2) is 69.3 Å². The molecule has 8 nitrogen and oxygen atoms in total. The molecule has 0 radical (unpaired) electrons. The molecule has 4 N–H and O–H groups in total. The molecule has 3 rings (SSSR count). The number of nitrogens with zero attached hydrogens (tertiary/aromatic N) is 1. The number of aromatic carboxylic acids is 1. The zero-order chi connectivity index (χ0) is 21.3. The zero-order valence-electron chi connectivity index (χ0n) is 15.6. The number of amides is 1. The first kappa shape index (κ1) is 21.3. The highest BCUT2D eigenvalue weighted by Gasteiger charge is 2.46. The highest BCUT2D eigenvalue weighted by atomic mass is 19.3. The number of halogens is 2. The maximum absolute atomic E-state index is 13.3. The Bertz CT molecular complexity index is 799. The number of hydrogen-bond acceptors (Lipinski definition) is 6. The second-order valence-corrected chi connectivity index (χ2v) is 7.55. The van der Waals surface area contributed by atoms with Crippen LogP contribution in [0.1, 0.15) is 35.2 Å². The van der Waals surface area contributed by atoms with Crippen molar-refractivity contribution in [3.8, 4) is 11.5 Å². The first-order valence-corrected chi connectivity index (χ1v) is 9.35. The lowest BCUT2D eigenvalue weighted by atomic mass is 9.82. The number of rotatable bonds is 7. The van der Waals surface area contributed by atoms with Crippen LogP contribution in [0.2, 0.25) is 6.32 Å². The van der Waals surface area contributed by atoms with Gasteiger partial charge in [0.25, 0.3) is 0 Å². The van der Waals surface area contributed by atoms with Gasteiger partial charge in [0, 0.05) is 18.8 Å². The molecule has 0 bridgehead atoms. The quantitative estimate of drug-likeness (QED) is 0.494. The van der Waals surface area contributed by atoms with E-state index in [0.29, 0.717) is 0 Å². The van der Waals surface area contributed by atoms with Crippen LogP contribution >= 0.6 is 0 Å². The van der Waals surface area contributed by atoms with E-state index in [1.807, 2.05) is 0 Å². The summed E-state index contributed by atoms with van der Waals surface area (Å²) in [5.74, 6) is -5.86. The standard InChI is InChI=1S/C18H22BF2NO7/c20-18(21)5-3-11(7-18)16(24)22-8-12(9-22)29-13-2-1-10(4-6-19(27)28)15(23)14(13)17(25)26/h1-2,11-12,23,27-28H,3-9H2,(H,25,26)/t11-/m0/s1. The molecule has 1 aromatic carbocycles. The fraction of sp³-hybridized carbons (Fsp3) is 0.556. The van der Waals surface area contributed by atoms with Gasteiger partial charge in [0.05, 0.1) is 13.1 Å². The Morgan fingerprint density at radius 1 is 1.28 bits per heavy atom. The minimum Gasteiger partial charge on any atom is -0.507 e. The SMILES string of the molecule is O=C(O)c1c(OC2CN(C(=O)[C@H]3CCC(F)(F)C3)C2)ccc(CCB(O)O)c1O. The molecule has 1 saturated heterocycles. The van der Waals surface area contributed by atoms with E-state index in [1.54, 1.807) is 0 Å². The number of aromatic hydroxyl groups is 1. The molecule has 1 amide bonds. The van der Waals surface area contributed by atoms with Gasteiger partial charge in [-0.25, -0.2) is 13.6 Å². The normalized spacial score (nSPS) is 21.0. The molecule has 11 heteroatoms. The van der Waals surface area contributed by atoms with Crippen LogP contribution in [0.5, 0.6) is 11.5 Å². The van der Waals surface area contributed by atoms with Crippen LogP contribution in [0.15, 0.2) is 12.1 Å². The lowest BCUT2D eigenvalue weighted by molar-refractivity contribution is -0.145. The number of carbonyl (C=O) groups excluding carboxylic acids is 1. The number of likely N-dealkylation sites (tertiary alicyclic amines) is 1. The molecule has 1 saturated carbocycles. The molecule has 1 heterocycles. The van der Waals surface area contributed by atoms with E-state index in [2.05, 4.69) is 0 Å². The molecular weight excluding hydrogens is 391 g/mol. The Labute approximate surface area is 165 Å². The molecule has 1 atom stereocenters. The summed E-state index contributed by atoms with van der Waals surface area (Å²) >= 11 is 0. The van der Waals surface area contributed by atoms with Gasteiger partial charge in [-0.2, -0.15) is 0 Å². The minimum atomic E-state index is -2.80. The zero-order valence-corrected chi connectivity index (χ0v) is 15.6. The van der Waals surface area contributed by atoms with Crippen molar-refractivity contribution in [1.82, 2.24) is 4.90 Å². The first-order chi connectivity index (χ1) is 13.6. The van der Waals surface area contributed by atoms with Crippen molar-refractivity contribution in [3.63, 3.8) is 0 Å². The molecule has 1 aliphatic carbocycles. The van der Waals surface area contributed by atoms with Gasteiger partial charge in [0.15, 0.2) is 0 Å². The van der Waals surface area contributed by atoms with Crippen LogP contribution in [-0.2, 0) is 11.2 Å². The second-order valence-electron chi connectivity index (χ2n) is 7.55. The highest BCUT2D eigenvalue weighted by Crippen LogP contribution is 2.40. The van der Waals surface area contributed by atoms with Gasteiger partial charge < -0.3 is 29.9 Å². The molecule has 2 fully saturated rings. The van der Waals surface area contributed by atoms with E-state index in [0.717, 1.165) is 0 Å². The maximum atomic E-state index is 13.3. The smallest absolute Gasteiger partial charge is 0.451 e. The molecular formula is C18H22BF2NO7. The van der Waals surface area contributed by atoms with Crippen molar-refractivity contribution in [1.29, 1.82) is 0 Å². The van der Waals surface area contributed by atoms with E-state index in [1.165, 1.54) is 17.0 Å². The average molecular weight is 413 g/mol. The number of aryl methyl sites for hydroxylation is 1. The Kier molecular flexibility index (Phi) is 5.99. The van der Waals surface area contributed by atoms with Gasteiger partial charge in [0.2, 0.25) is 11.8 Å². The number of alkyl halides is 2. The topological polar surface area (TPSA) is 128 Å². The highest BCUT2D eigenvalue weighted by molar-refractivity contribution is 6.41. The predicted molar refractivity (Wildman–Crippen MR) is 97.1 cm³/mol. The van der Waals surface area contributed by atoms with E-state index >= 15 is 0 Å². The van der Waals surface area contributed by atoms with Crippen LogP contribution in [0.25, 0.3) is 0 Å². The number of ether oxygens (including phenoxy) is 1. The van der Waals surface area contributed by atoms with Gasteiger partial charge in [-0.3, -0.25) is 4.79 Å². The van der Waals surface area contributed by atoms with Crippen LogP contribution in [0, 0.1) is 5.92 Å². The van der Waals surface area contributed by atoms with E-state index in [4.69, 9.17) is 14.8 Å². The molecule has 158 valence electrons. The Morgan fingerprint density at radius 2 is 1.97 bits per heavy atom. The lowest BCUT2D eigenvalue weighted by Gasteiger charge is -2.40. The largest absolute Gasteiger partial charge is 0.507 e. The van der Waals surface area contributed by atoms with Crippen molar-refractivity contribution in [2.24, 2.45) is 5.92 Å². The van der Waals surface area contributed by atoms with Crippen LogP contribution in [0.3, 0.4) is 0 Å². The minimum absolute atomic E-state index is 0.0573. The Hall–Kier alpha value is -2.40. The third-order valence-corrected chi connectivity index (χ3v) is 5.32. The van der Waals surface area contributed by atoms with Gasteiger partial charge >= 0.3 is 13.1 Å². The van der Waals surface area contributed by atoms with Crippen molar-refractivity contribution in [2.75, 3.05) is 13.1 Å².